The van der Waals surface area contributed by atoms with Crippen LogP contribution in [0.15, 0.2) is 36.5 Å². The largest absolute Gasteiger partial charge is 0.477 e. The topological polar surface area (TPSA) is 99.1 Å². The van der Waals surface area contributed by atoms with Crippen LogP contribution in [0, 0.1) is 0 Å². The number of quaternary nitrogens is 1. The molecule has 0 spiro atoms. The summed E-state index contributed by atoms with van der Waals surface area (Å²) >= 11 is 0. The molecule has 1 N–H and O–H groups in total. The fraction of sp³-hybridized carbons (Fsp3) is 0.786. The Labute approximate surface area is 306 Å². The van der Waals surface area contributed by atoms with Crippen LogP contribution in [0.5, 0.6) is 0 Å². The van der Waals surface area contributed by atoms with Crippen molar-refractivity contribution in [2.75, 3.05) is 41.0 Å². The summed E-state index contributed by atoms with van der Waals surface area (Å²) in [5.74, 6) is -1.56. The van der Waals surface area contributed by atoms with E-state index in [4.69, 9.17) is 14.2 Å². The van der Waals surface area contributed by atoms with Crippen LogP contribution >= 0.6 is 0 Å². The van der Waals surface area contributed by atoms with Crippen molar-refractivity contribution in [3.63, 3.8) is 0 Å². The number of rotatable bonds is 35. The summed E-state index contributed by atoms with van der Waals surface area (Å²) in [7, 11) is 5.50. The summed E-state index contributed by atoms with van der Waals surface area (Å²) in [5.41, 5.74) is 0. The van der Waals surface area contributed by atoms with Crippen LogP contribution in [0.1, 0.15) is 162 Å². The first-order valence-electron chi connectivity index (χ1n) is 20.0. The standard InChI is InChI=1S/C42H75NO7/c1-6-8-10-12-14-16-17-18-19-20-21-22-23-24-25-27-29-31-33-41(45)50-38(36-48-35-34-39(42(46)47)43(3,4)5)37-49-40(44)32-30-28-26-15-13-11-9-7-2/h19-22,26,28,38-39H,6-18,23-25,27,29-37H2,1-5H3/p+1/b20-19+,22-21+,28-26+. The van der Waals surface area contributed by atoms with Gasteiger partial charge in [0.15, 0.2) is 12.1 Å². The predicted octanol–water partition coefficient (Wildman–Crippen LogP) is 10.3. The van der Waals surface area contributed by atoms with Crippen LogP contribution in [0.3, 0.4) is 0 Å². The number of carbonyl (C=O) groups is 3. The number of carboxylic acids is 1. The predicted molar refractivity (Wildman–Crippen MR) is 206 cm³/mol. The molecule has 0 heterocycles. The summed E-state index contributed by atoms with van der Waals surface area (Å²) in [5, 5.41) is 9.57. The van der Waals surface area contributed by atoms with Gasteiger partial charge in [-0.05, 0) is 51.4 Å². The zero-order valence-corrected chi connectivity index (χ0v) is 32.8. The molecule has 290 valence electrons. The average Bonchev–Trinajstić information content (AvgIpc) is 3.06. The molecule has 2 atom stereocenters. The van der Waals surface area contributed by atoms with Gasteiger partial charge in [0, 0.05) is 19.3 Å². The summed E-state index contributed by atoms with van der Waals surface area (Å²) in [6.07, 6.45) is 36.4. The van der Waals surface area contributed by atoms with Crippen molar-refractivity contribution in [1.82, 2.24) is 0 Å². The number of aliphatic carboxylic acids is 1. The lowest BCUT2D eigenvalue weighted by Gasteiger charge is -2.31. The molecular weight excluding hydrogens is 630 g/mol. The van der Waals surface area contributed by atoms with Crippen LogP contribution < -0.4 is 0 Å². The van der Waals surface area contributed by atoms with Crippen molar-refractivity contribution in [2.24, 2.45) is 0 Å². The Hall–Kier alpha value is -2.45. The van der Waals surface area contributed by atoms with Gasteiger partial charge in [0.2, 0.25) is 0 Å². The second-order valence-electron chi connectivity index (χ2n) is 14.6. The zero-order chi connectivity index (χ0) is 37.1. The molecule has 2 unspecified atom stereocenters. The van der Waals surface area contributed by atoms with E-state index in [1.807, 2.05) is 27.2 Å². The molecule has 0 saturated carbocycles. The smallest absolute Gasteiger partial charge is 0.362 e. The molecule has 0 aromatic carbocycles. The number of nitrogens with zero attached hydrogens (tertiary/aromatic N) is 1. The van der Waals surface area contributed by atoms with Gasteiger partial charge in [0.1, 0.15) is 6.61 Å². The number of hydrogen-bond acceptors (Lipinski definition) is 6. The highest BCUT2D eigenvalue weighted by Gasteiger charge is 2.31. The van der Waals surface area contributed by atoms with Gasteiger partial charge in [-0.1, -0.05) is 127 Å². The first-order valence-corrected chi connectivity index (χ1v) is 20.0. The highest BCUT2D eigenvalue weighted by atomic mass is 16.6. The average molecular weight is 707 g/mol. The van der Waals surface area contributed by atoms with Crippen LogP contribution in [0.4, 0.5) is 0 Å². The third kappa shape index (κ3) is 31.5. The first kappa shape index (κ1) is 47.5. The summed E-state index contributed by atoms with van der Waals surface area (Å²) in [6.45, 7) is 4.61. The highest BCUT2D eigenvalue weighted by Crippen LogP contribution is 2.12. The number of likely N-dealkylation sites (N-methyl/N-ethyl adjacent to an activating group) is 1. The Morgan fingerprint density at radius 2 is 1.10 bits per heavy atom. The third-order valence-electron chi connectivity index (χ3n) is 8.80. The molecule has 0 aliphatic carbocycles. The van der Waals surface area contributed by atoms with Gasteiger partial charge in [0.05, 0.1) is 34.4 Å². The molecule has 8 nitrogen and oxygen atoms in total. The Kier molecular flexibility index (Phi) is 32.0. The number of carboxylic acid groups (broad SMARTS) is 1. The number of carbonyl (C=O) groups excluding carboxylic acids is 2. The molecule has 0 rings (SSSR count). The van der Waals surface area contributed by atoms with E-state index in [0.29, 0.717) is 19.3 Å². The summed E-state index contributed by atoms with van der Waals surface area (Å²) in [4.78, 5) is 36.7. The second-order valence-corrected chi connectivity index (χ2v) is 14.6. The van der Waals surface area contributed by atoms with E-state index in [9.17, 15) is 19.5 Å². The molecule has 0 bridgehead atoms. The Balaban J connectivity index is 4.39. The normalized spacial score (nSPS) is 13.4. The molecule has 0 fully saturated rings. The molecule has 50 heavy (non-hydrogen) atoms. The van der Waals surface area contributed by atoms with Gasteiger partial charge in [-0.15, -0.1) is 0 Å². The van der Waals surface area contributed by atoms with Crippen LogP contribution in [-0.2, 0) is 28.6 Å². The van der Waals surface area contributed by atoms with E-state index < -0.39 is 18.1 Å². The minimum Gasteiger partial charge on any atom is -0.477 e. The maximum atomic E-state index is 12.6. The maximum Gasteiger partial charge on any atom is 0.362 e. The van der Waals surface area contributed by atoms with Crippen LogP contribution in [0.25, 0.3) is 0 Å². The van der Waals surface area contributed by atoms with Gasteiger partial charge >= 0.3 is 17.9 Å². The van der Waals surface area contributed by atoms with Crippen molar-refractivity contribution >= 4 is 17.9 Å². The molecule has 0 aromatic rings. The molecular formula is C42H76NO7+. The number of ether oxygens (including phenoxy) is 3. The molecule has 0 radical (unpaired) electrons. The second kappa shape index (κ2) is 33.7. The Bertz CT molecular complexity index is 922. The van der Waals surface area contributed by atoms with E-state index in [-0.39, 0.29) is 42.7 Å². The molecule has 0 saturated heterocycles. The van der Waals surface area contributed by atoms with Gasteiger partial charge in [-0.3, -0.25) is 9.59 Å². The monoisotopic (exact) mass is 707 g/mol. The van der Waals surface area contributed by atoms with Crippen LogP contribution in [0.2, 0.25) is 0 Å². The van der Waals surface area contributed by atoms with E-state index in [1.165, 1.54) is 77.0 Å². The van der Waals surface area contributed by atoms with E-state index in [0.717, 1.165) is 44.9 Å². The van der Waals surface area contributed by atoms with Gasteiger partial charge in [0.25, 0.3) is 0 Å². The van der Waals surface area contributed by atoms with Crippen molar-refractivity contribution in [2.45, 2.75) is 174 Å². The lowest BCUT2D eigenvalue weighted by molar-refractivity contribution is -0.887. The molecule has 0 aliphatic rings. The zero-order valence-electron chi connectivity index (χ0n) is 32.8. The lowest BCUT2D eigenvalue weighted by atomic mass is 10.1. The molecule has 0 aliphatic heterocycles. The Morgan fingerprint density at radius 3 is 1.66 bits per heavy atom. The SMILES string of the molecule is CCCCCC/C=C/CCC(=O)OCC(COCCC(C(=O)O)[N+](C)(C)C)OC(=O)CCCCCCC/C=C/C=C/CCCCCCCCC. The number of allylic oxidation sites excluding steroid dienone is 6. The molecule has 8 heteroatoms. The Morgan fingerprint density at radius 1 is 0.600 bits per heavy atom. The lowest BCUT2D eigenvalue weighted by Crippen LogP contribution is -2.50. The minimum atomic E-state index is -0.883. The maximum absolute atomic E-state index is 12.6. The van der Waals surface area contributed by atoms with Gasteiger partial charge in [-0.25, -0.2) is 4.79 Å². The third-order valence-corrected chi connectivity index (χ3v) is 8.80. The van der Waals surface area contributed by atoms with E-state index in [2.05, 4.69) is 44.2 Å². The minimum absolute atomic E-state index is 0.0436. The first-order chi connectivity index (χ1) is 24.1. The van der Waals surface area contributed by atoms with Crippen molar-refractivity contribution in [1.29, 1.82) is 0 Å². The summed E-state index contributed by atoms with van der Waals surface area (Å²) in [6, 6.07) is -0.620. The van der Waals surface area contributed by atoms with Gasteiger partial charge in [-0.2, -0.15) is 0 Å². The van der Waals surface area contributed by atoms with Crippen molar-refractivity contribution in [3.05, 3.63) is 36.5 Å². The van der Waals surface area contributed by atoms with Crippen molar-refractivity contribution in [3.8, 4) is 0 Å². The van der Waals surface area contributed by atoms with E-state index >= 15 is 0 Å². The molecule has 0 aromatic heterocycles. The highest BCUT2D eigenvalue weighted by molar-refractivity contribution is 5.72. The number of esters is 2. The quantitative estimate of drug-likeness (QED) is 0.0230. The number of unbranched alkanes of at least 4 members (excludes halogenated alkanes) is 16. The number of hydrogen-bond donors (Lipinski definition) is 1. The van der Waals surface area contributed by atoms with Crippen LogP contribution in [-0.4, -0.2) is 80.6 Å². The fourth-order valence-electron chi connectivity index (χ4n) is 5.63. The van der Waals surface area contributed by atoms with Gasteiger partial charge < -0.3 is 23.8 Å². The molecule has 0 amide bonds. The van der Waals surface area contributed by atoms with Crippen molar-refractivity contribution < 1.29 is 38.2 Å². The van der Waals surface area contributed by atoms with E-state index in [1.54, 1.807) is 0 Å². The summed E-state index contributed by atoms with van der Waals surface area (Å²) < 4.78 is 17.1. The fourth-order valence-corrected chi connectivity index (χ4v) is 5.63.